The van der Waals surface area contributed by atoms with E-state index in [2.05, 4.69) is 0 Å². The highest BCUT2D eigenvalue weighted by Gasteiger charge is 2.48. The second-order valence-electron chi connectivity index (χ2n) is 7.11. The maximum atomic E-state index is 12.1. The van der Waals surface area contributed by atoms with Gasteiger partial charge < -0.3 is 10.2 Å². The van der Waals surface area contributed by atoms with E-state index in [0.29, 0.717) is 25.7 Å². The summed E-state index contributed by atoms with van der Waals surface area (Å²) in [5, 5.41) is 10.7. The van der Waals surface area contributed by atoms with Gasteiger partial charge in [-0.25, -0.2) is 0 Å². The summed E-state index contributed by atoms with van der Waals surface area (Å²) in [5.41, 5.74) is 0. The van der Waals surface area contributed by atoms with Gasteiger partial charge in [-0.15, -0.1) is 0 Å². The van der Waals surface area contributed by atoms with Crippen molar-refractivity contribution in [3.63, 3.8) is 0 Å². The zero-order chi connectivity index (χ0) is 27.1. The summed E-state index contributed by atoms with van der Waals surface area (Å²) in [5.74, 6) is 0. The van der Waals surface area contributed by atoms with Crippen LogP contribution in [0.1, 0.15) is 72.1 Å². The summed E-state index contributed by atoms with van der Waals surface area (Å²) in [6, 6.07) is 0. The molecule has 0 aromatic carbocycles. The molecule has 0 aliphatic heterocycles. The van der Waals surface area contributed by atoms with Crippen LogP contribution in [0, 0.1) is 0 Å². The summed E-state index contributed by atoms with van der Waals surface area (Å²) in [4.78, 5) is 0. The number of hydrogen-bond donors (Lipinski definition) is 4. The third-order valence-electron chi connectivity index (χ3n) is 3.85. The minimum absolute atomic E-state index is 0.139. The van der Waals surface area contributed by atoms with Crippen LogP contribution in [0.3, 0.4) is 0 Å². The molecule has 0 bridgehead atoms. The zero-order valence-electron chi connectivity index (χ0n) is 18.6. The maximum Gasteiger partial charge on any atom is 0.407 e. The first-order valence-corrected chi connectivity index (χ1v) is 13.0. The summed E-state index contributed by atoms with van der Waals surface area (Å²) >= 11 is 0. The highest BCUT2D eigenvalue weighted by molar-refractivity contribution is 7.86. The smallest absolute Gasteiger partial charge is 0.394 e. The van der Waals surface area contributed by atoms with Crippen LogP contribution in [-0.4, -0.2) is 71.7 Å². The van der Waals surface area contributed by atoms with Crippen molar-refractivity contribution in [1.82, 2.24) is 0 Å². The van der Waals surface area contributed by atoms with Crippen LogP contribution < -0.4 is 0 Å². The molecule has 0 saturated carbocycles. The van der Waals surface area contributed by atoms with Crippen molar-refractivity contribution in [1.29, 1.82) is 0 Å². The van der Waals surface area contributed by atoms with Gasteiger partial charge in [0.2, 0.25) is 0 Å². The molecule has 0 radical (unpaired) electrons. The molecule has 0 saturated heterocycles. The number of rotatable bonds is 11. The Morgan fingerprint density at radius 3 is 1.06 bits per heavy atom. The van der Waals surface area contributed by atoms with Crippen LogP contribution in [0.15, 0.2) is 0 Å². The molecule has 0 spiro atoms. The van der Waals surface area contributed by atoms with Gasteiger partial charge in [-0.1, -0.05) is 52.4 Å². The van der Waals surface area contributed by atoms with Gasteiger partial charge in [0.1, 0.15) is 0 Å². The van der Waals surface area contributed by atoms with E-state index in [1.54, 1.807) is 13.8 Å². The largest absolute Gasteiger partial charge is 0.407 e. The Hall–Kier alpha value is -0.680. The van der Waals surface area contributed by atoms with E-state index in [0.717, 1.165) is 0 Å². The molecule has 3 unspecified atom stereocenters. The van der Waals surface area contributed by atoms with Gasteiger partial charge in [0.15, 0.2) is 10.5 Å². The van der Waals surface area contributed by atoms with Crippen molar-refractivity contribution in [3.8, 4) is 0 Å². The fourth-order valence-corrected chi connectivity index (χ4v) is 3.73. The number of unbranched alkanes of at least 4 members (excludes halogenated alkanes) is 4. The highest BCUT2D eigenvalue weighted by atomic mass is 32.2. The average Bonchev–Trinajstić information content (AvgIpc) is 2.59. The standard InChI is InChI=1S/2C7H13F3O3S.C3H8O2/c2*1-2-3-4-5-6(7(8,9)10)14(11,12)13;1-3(5)2-4/h2*6H,2-5H2,1H3,(H,11,12,13);3-5H,2H2,1H3. The van der Waals surface area contributed by atoms with Crippen LogP contribution in [0.4, 0.5) is 26.3 Å². The number of hydrogen-bond acceptors (Lipinski definition) is 6. The second kappa shape index (κ2) is 16.9. The predicted octanol–water partition coefficient (Wildman–Crippen LogP) is 4.13. The molecule has 0 heterocycles. The lowest BCUT2D eigenvalue weighted by Crippen LogP contribution is -2.36. The molecule has 204 valence electrons. The quantitative estimate of drug-likeness (QED) is 0.172. The van der Waals surface area contributed by atoms with Crippen LogP contribution >= 0.6 is 0 Å². The van der Waals surface area contributed by atoms with Crippen LogP contribution in [0.25, 0.3) is 0 Å². The van der Waals surface area contributed by atoms with Crippen LogP contribution in [0.5, 0.6) is 0 Å². The van der Waals surface area contributed by atoms with Crippen LogP contribution in [0.2, 0.25) is 0 Å². The Balaban J connectivity index is -0.000000453. The third kappa shape index (κ3) is 21.6. The number of halogens is 6. The lowest BCUT2D eigenvalue weighted by atomic mass is 10.1. The van der Waals surface area contributed by atoms with Gasteiger partial charge >= 0.3 is 12.4 Å². The number of alkyl halides is 6. The number of aliphatic hydroxyl groups is 2. The van der Waals surface area contributed by atoms with E-state index in [1.807, 2.05) is 0 Å². The molecular formula is C17H34F6O8S2. The molecule has 16 heteroatoms. The Morgan fingerprint density at radius 1 is 0.697 bits per heavy atom. The molecule has 0 rings (SSSR count). The third-order valence-corrected chi connectivity index (χ3v) is 6.30. The molecule has 0 aliphatic rings. The van der Waals surface area contributed by atoms with Gasteiger partial charge in [-0.05, 0) is 19.8 Å². The van der Waals surface area contributed by atoms with Crippen molar-refractivity contribution in [3.05, 3.63) is 0 Å². The summed E-state index contributed by atoms with van der Waals surface area (Å²) in [6.07, 6.45) is -8.79. The molecule has 0 aromatic heterocycles. The van der Waals surface area contributed by atoms with Crippen molar-refractivity contribution < 1.29 is 62.5 Å². The van der Waals surface area contributed by atoms with Gasteiger partial charge in [-0.2, -0.15) is 43.2 Å². The minimum atomic E-state index is -5.03. The average molecular weight is 545 g/mol. The monoisotopic (exact) mass is 544 g/mol. The summed E-state index contributed by atoms with van der Waals surface area (Å²) < 4.78 is 131. The van der Waals surface area contributed by atoms with Crippen molar-refractivity contribution in [2.24, 2.45) is 0 Å². The Bertz CT molecular complexity index is 635. The topological polar surface area (TPSA) is 149 Å². The SMILES string of the molecule is CC(O)CO.CCCCCC(C(F)(F)F)S(=O)(=O)O.CCCCCC(C(F)(F)F)S(=O)(=O)O. The van der Waals surface area contributed by atoms with Gasteiger partial charge in [0, 0.05) is 0 Å². The summed E-state index contributed by atoms with van der Waals surface area (Å²) in [7, 11) is -10.1. The van der Waals surface area contributed by atoms with E-state index < -0.39 is 62.0 Å². The lowest BCUT2D eigenvalue weighted by molar-refractivity contribution is -0.133. The molecule has 0 aliphatic carbocycles. The molecule has 4 N–H and O–H groups in total. The second-order valence-corrected chi connectivity index (χ2v) is 10.3. The molecule has 0 amide bonds. The Kier molecular flexibility index (Phi) is 18.8. The molecule has 3 atom stereocenters. The van der Waals surface area contributed by atoms with E-state index in [-0.39, 0.29) is 19.4 Å². The van der Waals surface area contributed by atoms with Crippen molar-refractivity contribution in [2.45, 2.75) is 101 Å². The van der Waals surface area contributed by atoms with Crippen molar-refractivity contribution >= 4 is 20.2 Å². The fraction of sp³-hybridized carbons (Fsp3) is 1.00. The van der Waals surface area contributed by atoms with Gasteiger partial charge in [0.25, 0.3) is 20.2 Å². The van der Waals surface area contributed by atoms with Crippen LogP contribution in [-0.2, 0) is 20.2 Å². The fourth-order valence-electron chi connectivity index (χ4n) is 2.12. The minimum Gasteiger partial charge on any atom is -0.394 e. The van der Waals surface area contributed by atoms with Gasteiger partial charge in [0.05, 0.1) is 12.7 Å². The Labute approximate surface area is 190 Å². The van der Waals surface area contributed by atoms with E-state index in [9.17, 15) is 43.2 Å². The molecule has 0 fully saturated rings. The highest BCUT2D eigenvalue weighted by Crippen LogP contribution is 2.30. The molecule has 33 heavy (non-hydrogen) atoms. The van der Waals surface area contributed by atoms with Gasteiger partial charge in [-0.3, -0.25) is 9.11 Å². The predicted molar refractivity (Wildman–Crippen MR) is 110 cm³/mol. The van der Waals surface area contributed by atoms with E-state index in [4.69, 9.17) is 19.3 Å². The molecule has 8 nitrogen and oxygen atoms in total. The lowest BCUT2D eigenvalue weighted by Gasteiger charge is -2.16. The number of aliphatic hydroxyl groups excluding tert-OH is 2. The molecule has 0 aromatic rings. The maximum absolute atomic E-state index is 12.1. The normalized spacial score (nSPS) is 15.4. The first-order chi connectivity index (χ1) is 14.7. The van der Waals surface area contributed by atoms with Crippen molar-refractivity contribution in [2.75, 3.05) is 6.61 Å². The van der Waals surface area contributed by atoms with E-state index >= 15 is 0 Å². The first kappa shape index (κ1) is 36.9. The zero-order valence-corrected chi connectivity index (χ0v) is 20.2. The summed E-state index contributed by atoms with van der Waals surface area (Å²) in [6.45, 7) is 4.96. The molecular weight excluding hydrogens is 510 g/mol. The van der Waals surface area contributed by atoms with E-state index in [1.165, 1.54) is 6.92 Å². The Morgan fingerprint density at radius 2 is 0.939 bits per heavy atom. The first-order valence-electron chi connectivity index (χ1n) is 10.0.